The first-order valence-corrected chi connectivity index (χ1v) is 11.4. The van der Waals surface area contributed by atoms with E-state index in [1.807, 2.05) is 24.3 Å². The van der Waals surface area contributed by atoms with E-state index < -0.39 is 36.3 Å². The maximum Gasteiger partial charge on any atom is 0.251 e. The second kappa shape index (κ2) is 12.9. The van der Waals surface area contributed by atoms with Crippen LogP contribution in [0.5, 0.6) is 0 Å². The summed E-state index contributed by atoms with van der Waals surface area (Å²) in [5, 5.41) is 21.0. The highest BCUT2D eigenvalue weighted by Crippen LogP contribution is 2.13. The lowest BCUT2D eigenvalue weighted by atomic mass is 10.1. The Labute approximate surface area is 204 Å². The lowest BCUT2D eigenvalue weighted by Gasteiger charge is -2.26. The van der Waals surface area contributed by atoms with Crippen molar-refractivity contribution in [2.45, 2.75) is 25.6 Å². The molecule has 0 spiro atoms. The molecule has 0 radical (unpaired) electrons. The summed E-state index contributed by atoms with van der Waals surface area (Å²) in [5.74, 6) is 3.31. The van der Waals surface area contributed by atoms with Crippen molar-refractivity contribution < 1.29 is 28.9 Å². The summed E-state index contributed by atoms with van der Waals surface area (Å²) in [6.07, 6.45) is 0.210. The average Bonchev–Trinajstić information content (AvgIpc) is 2.87. The fraction of sp³-hybridized carbons (Fsp3) is 0.333. The lowest BCUT2D eigenvalue weighted by molar-refractivity contribution is -0.125. The van der Waals surface area contributed by atoms with Gasteiger partial charge in [-0.3, -0.25) is 14.5 Å². The first-order chi connectivity index (χ1) is 16.9. The summed E-state index contributed by atoms with van der Waals surface area (Å²) in [4.78, 5) is 26.3. The molecule has 8 heteroatoms. The van der Waals surface area contributed by atoms with Crippen LogP contribution in [0.4, 0.5) is 4.39 Å². The van der Waals surface area contributed by atoms with E-state index in [4.69, 9.17) is 9.84 Å². The fourth-order valence-electron chi connectivity index (χ4n) is 3.55. The van der Waals surface area contributed by atoms with Crippen molar-refractivity contribution in [3.63, 3.8) is 0 Å². The molecule has 1 amide bonds. The number of rotatable bonds is 8. The van der Waals surface area contributed by atoms with Crippen LogP contribution in [0, 0.1) is 11.8 Å². The molecule has 2 aromatic rings. The van der Waals surface area contributed by atoms with Crippen molar-refractivity contribution in [3.05, 3.63) is 76.6 Å². The second-order valence-corrected chi connectivity index (χ2v) is 8.27. The van der Waals surface area contributed by atoms with Gasteiger partial charge in [-0.1, -0.05) is 30.2 Å². The molecule has 0 saturated carbocycles. The fourth-order valence-corrected chi connectivity index (χ4v) is 3.55. The Morgan fingerprint density at radius 2 is 1.80 bits per heavy atom. The van der Waals surface area contributed by atoms with Crippen LogP contribution in [0.1, 0.15) is 34.0 Å². The van der Waals surface area contributed by atoms with E-state index in [1.165, 1.54) is 25.1 Å². The molecule has 35 heavy (non-hydrogen) atoms. The predicted molar refractivity (Wildman–Crippen MR) is 130 cm³/mol. The summed E-state index contributed by atoms with van der Waals surface area (Å²) in [6.45, 7) is 4.69. The van der Waals surface area contributed by atoms with Crippen molar-refractivity contribution in [2.24, 2.45) is 0 Å². The molecule has 3 rings (SSSR count). The summed E-state index contributed by atoms with van der Waals surface area (Å²) < 4.78 is 19.7. The van der Waals surface area contributed by atoms with E-state index in [0.29, 0.717) is 11.1 Å². The van der Waals surface area contributed by atoms with Crippen LogP contribution in [0.15, 0.2) is 54.4 Å². The summed E-state index contributed by atoms with van der Waals surface area (Å²) >= 11 is 0. The number of hydrogen-bond acceptors (Lipinski definition) is 6. The molecule has 1 fully saturated rings. The number of ketones is 1. The Kier molecular flexibility index (Phi) is 9.70. The molecule has 7 nitrogen and oxygen atoms in total. The molecule has 0 aromatic heterocycles. The number of carbonyl (C=O) groups is 2. The third-order valence-electron chi connectivity index (χ3n) is 5.53. The highest BCUT2D eigenvalue weighted by molar-refractivity contribution is 5.98. The maximum absolute atomic E-state index is 14.3. The molecule has 184 valence electrons. The summed E-state index contributed by atoms with van der Waals surface area (Å²) in [6, 6.07) is 12.5. The van der Waals surface area contributed by atoms with Gasteiger partial charge in [0.2, 0.25) is 0 Å². The Bertz CT molecular complexity index is 1100. The number of allylic oxidation sites excluding steroid dienone is 1. The molecule has 0 aliphatic carbocycles. The average molecular weight is 481 g/mol. The molecular weight excluding hydrogens is 451 g/mol. The molecular formula is C27H29FN2O5. The van der Waals surface area contributed by atoms with Crippen LogP contribution in [0.3, 0.4) is 0 Å². The third kappa shape index (κ3) is 8.12. The van der Waals surface area contributed by atoms with E-state index >= 15 is 0 Å². The Hall–Kier alpha value is -3.35. The second-order valence-electron chi connectivity index (χ2n) is 8.27. The molecule has 1 aliphatic rings. The van der Waals surface area contributed by atoms with Gasteiger partial charge in [-0.2, -0.15) is 4.39 Å². The van der Waals surface area contributed by atoms with Gasteiger partial charge >= 0.3 is 0 Å². The first kappa shape index (κ1) is 26.3. The quantitative estimate of drug-likeness (QED) is 0.500. The summed E-state index contributed by atoms with van der Waals surface area (Å²) in [7, 11) is 0. The standard InChI is InChI=1S/C27H29FN2O5/c1-19(32)26(25(33)18-31)29-27(34)23-9-6-20(7-10-23)8-11-24(28)16-21-2-4-22(5-3-21)17-30-12-14-35-15-13-30/h2-7,9-10,16,19,26,31-32H,12-15,17-18H2,1H3,(H,29,34)/b24-16+/t19-,26+/m1/s1. The molecule has 2 atom stereocenters. The molecule has 0 unspecified atom stereocenters. The number of ether oxygens (including phenoxy) is 1. The zero-order chi connectivity index (χ0) is 25.2. The van der Waals surface area contributed by atoms with Crippen LogP contribution >= 0.6 is 0 Å². The SMILES string of the molecule is C[C@@H](O)[C@H](NC(=O)c1ccc(C#C/C(F)=C\c2ccc(CN3CCOCC3)cc2)cc1)C(=O)CO. The largest absolute Gasteiger partial charge is 0.391 e. The first-order valence-electron chi connectivity index (χ1n) is 11.4. The molecule has 2 aromatic carbocycles. The normalized spacial score (nSPS) is 16.1. The van der Waals surface area contributed by atoms with Crippen LogP contribution in [0.25, 0.3) is 6.08 Å². The molecule has 3 N–H and O–H groups in total. The predicted octanol–water partition coefficient (Wildman–Crippen LogP) is 1.92. The minimum absolute atomic E-state index is 0.236. The van der Waals surface area contributed by atoms with Crippen molar-refractivity contribution in [3.8, 4) is 11.8 Å². The number of aliphatic hydroxyl groups excluding tert-OH is 2. The van der Waals surface area contributed by atoms with Gasteiger partial charge in [-0.05, 0) is 54.3 Å². The number of aliphatic hydroxyl groups is 2. The Balaban J connectivity index is 1.58. The number of Topliss-reactive ketones (excluding diaryl/α,β-unsaturated/α-hetero) is 1. The van der Waals surface area contributed by atoms with Crippen molar-refractivity contribution >= 4 is 17.8 Å². The number of morpholine rings is 1. The van der Waals surface area contributed by atoms with Crippen molar-refractivity contribution in [1.29, 1.82) is 0 Å². The molecule has 1 saturated heterocycles. The Morgan fingerprint density at radius 1 is 1.14 bits per heavy atom. The molecule has 1 aliphatic heterocycles. The number of carbonyl (C=O) groups excluding carboxylic acids is 2. The van der Waals surface area contributed by atoms with Gasteiger partial charge in [0.05, 0.1) is 19.3 Å². The van der Waals surface area contributed by atoms with E-state index in [9.17, 15) is 19.1 Å². The van der Waals surface area contributed by atoms with Gasteiger partial charge < -0.3 is 20.3 Å². The monoisotopic (exact) mass is 480 g/mol. The van der Waals surface area contributed by atoms with Crippen molar-refractivity contribution in [1.82, 2.24) is 10.2 Å². The number of amides is 1. The number of nitrogens with one attached hydrogen (secondary N) is 1. The number of nitrogens with zero attached hydrogens (tertiary/aromatic N) is 1. The van der Waals surface area contributed by atoms with Gasteiger partial charge in [-0.25, -0.2) is 0 Å². The number of halogens is 1. The van der Waals surface area contributed by atoms with E-state index in [2.05, 4.69) is 22.1 Å². The van der Waals surface area contributed by atoms with Gasteiger partial charge in [0.1, 0.15) is 12.6 Å². The van der Waals surface area contributed by atoms with Gasteiger partial charge in [0, 0.05) is 30.8 Å². The van der Waals surface area contributed by atoms with Crippen LogP contribution < -0.4 is 5.32 Å². The highest BCUT2D eigenvalue weighted by Gasteiger charge is 2.25. The van der Waals surface area contributed by atoms with E-state index in [1.54, 1.807) is 12.1 Å². The van der Waals surface area contributed by atoms with Crippen LogP contribution in [0.2, 0.25) is 0 Å². The number of hydrogen-bond donors (Lipinski definition) is 3. The third-order valence-corrected chi connectivity index (χ3v) is 5.53. The molecule has 0 bridgehead atoms. The van der Waals surface area contributed by atoms with Gasteiger partial charge in [-0.15, -0.1) is 0 Å². The molecule has 1 heterocycles. The van der Waals surface area contributed by atoms with Gasteiger partial charge in [0.15, 0.2) is 11.6 Å². The topological polar surface area (TPSA) is 99.1 Å². The Morgan fingerprint density at radius 3 is 2.40 bits per heavy atom. The van der Waals surface area contributed by atoms with Crippen molar-refractivity contribution in [2.75, 3.05) is 32.9 Å². The highest BCUT2D eigenvalue weighted by atomic mass is 19.1. The van der Waals surface area contributed by atoms with E-state index in [0.717, 1.165) is 38.4 Å². The number of benzene rings is 2. The zero-order valence-corrected chi connectivity index (χ0v) is 19.5. The zero-order valence-electron chi connectivity index (χ0n) is 19.5. The summed E-state index contributed by atoms with van der Waals surface area (Å²) in [5.41, 5.74) is 2.60. The van der Waals surface area contributed by atoms with Crippen LogP contribution in [-0.4, -0.2) is 71.9 Å². The minimum atomic E-state index is -1.21. The lowest BCUT2D eigenvalue weighted by Crippen LogP contribution is -2.48. The smallest absolute Gasteiger partial charge is 0.251 e. The van der Waals surface area contributed by atoms with Crippen LogP contribution in [-0.2, 0) is 16.1 Å². The maximum atomic E-state index is 14.3. The minimum Gasteiger partial charge on any atom is -0.391 e. The van der Waals surface area contributed by atoms with E-state index in [-0.39, 0.29) is 5.56 Å². The van der Waals surface area contributed by atoms with Gasteiger partial charge in [0.25, 0.3) is 5.91 Å².